The normalized spacial score (nSPS) is 24.2. The lowest BCUT2D eigenvalue weighted by molar-refractivity contribution is -0.137. The summed E-state index contributed by atoms with van der Waals surface area (Å²) in [5, 5.41) is 8.86. The molecular weight excluding hydrogens is 384 g/mol. The number of hydrogen-bond acceptors (Lipinski definition) is 2. The maximum Gasteiger partial charge on any atom is 0.303 e. The maximum absolute atomic E-state index is 12.3. The van der Waals surface area contributed by atoms with E-state index in [2.05, 4.69) is 38.1 Å². The number of ketones is 1. The highest BCUT2D eigenvalue weighted by Gasteiger charge is 2.40. The van der Waals surface area contributed by atoms with Crippen molar-refractivity contribution in [2.45, 2.75) is 82.9 Å². The highest BCUT2D eigenvalue weighted by atomic mass is 35.5. The summed E-state index contributed by atoms with van der Waals surface area (Å²) >= 11 is 6.69. The van der Waals surface area contributed by atoms with Gasteiger partial charge in [-0.2, -0.15) is 0 Å². The molecule has 0 aliphatic heterocycles. The molecule has 160 valence electrons. The van der Waals surface area contributed by atoms with E-state index >= 15 is 0 Å². The van der Waals surface area contributed by atoms with Crippen LogP contribution in [0.2, 0.25) is 0 Å². The molecule has 1 aromatic carbocycles. The molecule has 1 N–H and O–H groups in total. The van der Waals surface area contributed by atoms with Crippen LogP contribution in [-0.2, 0) is 4.79 Å². The van der Waals surface area contributed by atoms with Gasteiger partial charge in [0, 0.05) is 23.8 Å². The average Bonchev–Trinajstić information content (AvgIpc) is 2.97. The maximum atomic E-state index is 12.3. The molecular formula is C25H35ClO3. The van der Waals surface area contributed by atoms with E-state index in [0.717, 1.165) is 44.1 Å². The predicted octanol–water partition coefficient (Wildman–Crippen LogP) is 7.00. The average molecular weight is 419 g/mol. The van der Waals surface area contributed by atoms with Crippen LogP contribution in [-0.4, -0.2) is 22.2 Å². The molecule has 0 heterocycles. The summed E-state index contributed by atoms with van der Waals surface area (Å²) in [6.07, 6.45) is 11.7. The molecule has 0 spiro atoms. The topological polar surface area (TPSA) is 54.4 Å². The minimum atomic E-state index is -0.740. The van der Waals surface area contributed by atoms with Crippen molar-refractivity contribution in [3.8, 4) is 0 Å². The Morgan fingerprint density at radius 1 is 1.10 bits per heavy atom. The van der Waals surface area contributed by atoms with E-state index in [1.807, 2.05) is 12.1 Å². The van der Waals surface area contributed by atoms with E-state index in [-0.39, 0.29) is 17.6 Å². The van der Waals surface area contributed by atoms with Crippen molar-refractivity contribution in [2.24, 2.45) is 11.8 Å². The zero-order chi connectivity index (χ0) is 21.2. The van der Waals surface area contributed by atoms with Crippen molar-refractivity contribution in [2.75, 3.05) is 0 Å². The highest BCUT2D eigenvalue weighted by Crippen LogP contribution is 2.48. The summed E-state index contributed by atoms with van der Waals surface area (Å²) in [7, 11) is 0. The first-order valence-corrected chi connectivity index (χ1v) is 11.5. The molecule has 0 unspecified atom stereocenters. The van der Waals surface area contributed by atoms with Gasteiger partial charge in [0.05, 0.1) is 0 Å². The fourth-order valence-electron chi connectivity index (χ4n) is 4.51. The van der Waals surface area contributed by atoms with Crippen molar-refractivity contribution < 1.29 is 14.7 Å². The molecule has 0 bridgehead atoms. The molecule has 0 saturated heterocycles. The Kier molecular flexibility index (Phi) is 9.93. The first kappa shape index (κ1) is 23.7. The quantitative estimate of drug-likeness (QED) is 0.172. The molecule has 0 aromatic heterocycles. The van der Waals surface area contributed by atoms with Crippen LogP contribution in [0.15, 0.2) is 36.4 Å². The molecule has 1 aromatic rings. The molecule has 1 aliphatic carbocycles. The van der Waals surface area contributed by atoms with E-state index in [4.69, 9.17) is 16.7 Å². The van der Waals surface area contributed by atoms with Gasteiger partial charge in [-0.15, -0.1) is 11.6 Å². The Morgan fingerprint density at radius 2 is 1.83 bits per heavy atom. The van der Waals surface area contributed by atoms with Gasteiger partial charge in [-0.3, -0.25) is 9.59 Å². The minimum absolute atomic E-state index is 0.147. The second kappa shape index (κ2) is 12.2. The third-order valence-corrected chi connectivity index (χ3v) is 6.60. The van der Waals surface area contributed by atoms with Gasteiger partial charge in [-0.05, 0) is 55.4 Å². The van der Waals surface area contributed by atoms with Gasteiger partial charge in [0.1, 0.15) is 0 Å². The SMILES string of the molecule is CCCCCC(=O)c1ccc([C@@H]2[C@@H](C/C=C\CCCC(=O)O)[C@H](Cl)C[C@H]2C)cc1. The molecule has 0 amide bonds. The van der Waals surface area contributed by atoms with Crippen LogP contribution in [0.5, 0.6) is 0 Å². The molecule has 3 nitrogen and oxygen atoms in total. The van der Waals surface area contributed by atoms with Crippen molar-refractivity contribution >= 4 is 23.4 Å². The van der Waals surface area contributed by atoms with E-state index in [1.165, 1.54) is 5.56 Å². The van der Waals surface area contributed by atoms with Crippen LogP contribution in [0.1, 0.15) is 93.5 Å². The molecule has 1 aliphatic rings. The van der Waals surface area contributed by atoms with Crippen molar-refractivity contribution in [3.63, 3.8) is 0 Å². The number of aliphatic carboxylic acids is 1. The van der Waals surface area contributed by atoms with Crippen LogP contribution in [0.4, 0.5) is 0 Å². The summed E-state index contributed by atoms with van der Waals surface area (Å²) in [6.45, 7) is 4.41. The summed E-state index contributed by atoms with van der Waals surface area (Å²) < 4.78 is 0. The second-order valence-corrected chi connectivity index (χ2v) is 8.97. The third-order valence-electron chi connectivity index (χ3n) is 6.10. The Balaban J connectivity index is 1.97. The molecule has 2 rings (SSSR count). The monoisotopic (exact) mass is 418 g/mol. The number of hydrogen-bond donors (Lipinski definition) is 1. The van der Waals surface area contributed by atoms with Crippen LogP contribution >= 0.6 is 11.6 Å². The van der Waals surface area contributed by atoms with Crippen molar-refractivity contribution in [1.82, 2.24) is 0 Å². The Hall–Kier alpha value is -1.61. The lowest BCUT2D eigenvalue weighted by atomic mass is 9.82. The van der Waals surface area contributed by atoms with Gasteiger partial charge >= 0.3 is 5.97 Å². The number of Topliss-reactive ketones (excluding diaryl/α,β-unsaturated/α-hetero) is 1. The van der Waals surface area contributed by atoms with Crippen LogP contribution in [0.3, 0.4) is 0 Å². The molecule has 29 heavy (non-hydrogen) atoms. The number of allylic oxidation sites excluding steroid dienone is 2. The predicted molar refractivity (Wildman–Crippen MR) is 120 cm³/mol. The molecule has 0 radical (unpaired) electrons. The van der Waals surface area contributed by atoms with Gasteiger partial charge in [-0.25, -0.2) is 0 Å². The number of halogens is 1. The number of unbranched alkanes of at least 4 members (excludes halogenated alkanes) is 3. The second-order valence-electron chi connectivity index (χ2n) is 8.41. The first-order valence-electron chi connectivity index (χ1n) is 11.1. The summed E-state index contributed by atoms with van der Waals surface area (Å²) in [6, 6.07) is 8.20. The standard InChI is InChI=1S/C25H35ClO3/c1-3-4-7-11-23(27)19-13-15-20(16-14-19)25-18(2)17-22(26)21(25)10-8-5-6-9-12-24(28)29/h5,8,13-16,18,21-22,25H,3-4,6-7,9-12,17H2,1-2H3,(H,28,29)/b8-5-/t18-,21+,22-,25-/m1/s1. The molecule has 1 saturated carbocycles. The fraction of sp³-hybridized carbons (Fsp3) is 0.600. The zero-order valence-electron chi connectivity index (χ0n) is 17.8. The lowest BCUT2D eigenvalue weighted by Crippen LogP contribution is -2.15. The highest BCUT2D eigenvalue weighted by molar-refractivity contribution is 6.21. The number of alkyl halides is 1. The third kappa shape index (κ3) is 7.29. The first-order chi connectivity index (χ1) is 13.9. The van der Waals surface area contributed by atoms with Crippen molar-refractivity contribution in [3.05, 3.63) is 47.5 Å². The van der Waals surface area contributed by atoms with Gasteiger partial charge in [0.2, 0.25) is 0 Å². The number of rotatable bonds is 12. The number of carbonyl (C=O) groups is 2. The Labute approximate surface area is 180 Å². The number of carboxylic acid groups (broad SMARTS) is 1. The van der Waals surface area contributed by atoms with Crippen LogP contribution < -0.4 is 0 Å². The smallest absolute Gasteiger partial charge is 0.303 e. The van der Waals surface area contributed by atoms with Crippen molar-refractivity contribution in [1.29, 1.82) is 0 Å². The lowest BCUT2D eigenvalue weighted by Gasteiger charge is -2.24. The zero-order valence-corrected chi connectivity index (χ0v) is 18.5. The van der Waals surface area contributed by atoms with E-state index in [1.54, 1.807) is 0 Å². The van der Waals surface area contributed by atoms with Gasteiger partial charge in [0.25, 0.3) is 0 Å². The van der Waals surface area contributed by atoms with Crippen LogP contribution in [0, 0.1) is 11.8 Å². The largest absolute Gasteiger partial charge is 0.481 e. The number of benzene rings is 1. The summed E-state index contributed by atoms with van der Waals surface area (Å²) in [5.41, 5.74) is 2.09. The van der Waals surface area contributed by atoms with Gasteiger partial charge in [0.15, 0.2) is 5.78 Å². The van der Waals surface area contributed by atoms with E-state index in [9.17, 15) is 9.59 Å². The molecule has 4 atom stereocenters. The van der Waals surface area contributed by atoms with E-state index < -0.39 is 5.97 Å². The molecule has 1 fully saturated rings. The van der Waals surface area contributed by atoms with Crippen LogP contribution in [0.25, 0.3) is 0 Å². The van der Waals surface area contributed by atoms with Gasteiger partial charge in [-0.1, -0.05) is 63.1 Å². The Morgan fingerprint density at radius 3 is 2.48 bits per heavy atom. The fourth-order valence-corrected chi connectivity index (χ4v) is 5.05. The Bertz CT molecular complexity index is 680. The number of carbonyl (C=O) groups excluding carboxylic acids is 1. The number of carboxylic acids is 1. The van der Waals surface area contributed by atoms with E-state index in [0.29, 0.717) is 30.6 Å². The van der Waals surface area contributed by atoms with Gasteiger partial charge < -0.3 is 5.11 Å². The molecule has 4 heteroatoms. The summed E-state index contributed by atoms with van der Waals surface area (Å²) in [4.78, 5) is 22.9. The summed E-state index contributed by atoms with van der Waals surface area (Å²) in [5.74, 6) is 0.768. The minimum Gasteiger partial charge on any atom is -0.481 e.